The van der Waals surface area contributed by atoms with Gasteiger partial charge in [-0.2, -0.15) is 0 Å². The lowest BCUT2D eigenvalue weighted by Crippen LogP contribution is -2.37. The number of nitrogens with zero attached hydrogens (tertiary/aromatic N) is 4. The van der Waals surface area contributed by atoms with E-state index in [0.717, 1.165) is 52.4 Å². The molecule has 3 aromatic carbocycles. The molecule has 49 heavy (non-hydrogen) atoms. The van der Waals surface area contributed by atoms with Crippen LogP contribution in [-0.2, 0) is 9.53 Å². The molecular weight excluding hydrogens is 614 g/mol. The summed E-state index contributed by atoms with van der Waals surface area (Å²) in [5.74, 6) is 1.78. The minimum absolute atomic E-state index is 0.0831. The molecule has 2 aliphatic heterocycles. The maximum Gasteiger partial charge on any atom is 0.410 e. The van der Waals surface area contributed by atoms with Gasteiger partial charge in [-0.05, 0) is 99.1 Å². The molecule has 2 aromatic heterocycles. The molecule has 0 radical (unpaired) electrons. The summed E-state index contributed by atoms with van der Waals surface area (Å²) in [6.45, 7) is 9.19. The third-order valence-electron chi connectivity index (χ3n) is 9.68. The molecule has 10 nitrogen and oxygen atoms in total. The SMILES string of the molecule is CC(=O)NCC1CC(c2ncc(-c3ccc(-c4ccc5cc(-c6cnc(C7CCCN7C)[nH]6)ccc5c4)cc3)[nH]2)N(C(=O)OC(C)(C)C)C1. The van der Waals surface area contributed by atoms with Crippen LogP contribution >= 0.6 is 0 Å². The van der Waals surface area contributed by atoms with E-state index in [4.69, 9.17) is 14.7 Å². The number of rotatable bonds is 7. The maximum atomic E-state index is 13.2. The molecule has 3 atom stereocenters. The Morgan fingerprint density at radius 1 is 0.857 bits per heavy atom. The van der Waals surface area contributed by atoms with Crippen molar-refractivity contribution in [2.24, 2.45) is 5.92 Å². The van der Waals surface area contributed by atoms with Gasteiger partial charge in [0.2, 0.25) is 5.91 Å². The number of hydrogen-bond donors (Lipinski definition) is 3. The van der Waals surface area contributed by atoms with E-state index in [1.54, 1.807) is 4.90 Å². The first-order valence-corrected chi connectivity index (χ1v) is 17.2. The van der Waals surface area contributed by atoms with Crippen molar-refractivity contribution in [1.29, 1.82) is 0 Å². The van der Waals surface area contributed by atoms with Crippen molar-refractivity contribution in [3.8, 4) is 33.6 Å². The average Bonchev–Trinajstić information content (AvgIpc) is 3.89. The number of nitrogens with one attached hydrogen (secondary N) is 3. The van der Waals surface area contributed by atoms with Gasteiger partial charge in [-0.1, -0.05) is 48.5 Å². The zero-order valence-electron chi connectivity index (χ0n) is 28.9. The van der Waals surface area contributed by atoms with Gasteiger partial charge in [0.05, 0.1) is 35.9 Å². The van der Waals surface area contributed by atoms with E-state index in [1.165, 1.54) is 24.1 Å². The Kier molecular flexibility index (Phi) is 8.75. The molecule has 0 spiro atoms. The molecular formula is C39H45N7O3. The highest BCUT2D eigenvalue weighted by atomic mass is 16.6. The van der Waals surface area contributed by atoms with Gasteiger partial charge in [0.15, 0.2) is 0 Å². The third kappa shape index (κ3) is 7.10. The van der Waals surface area contributed by atoms with Crippen LogP contribution in [0.2, 0.25) is 0 Å². The standard InChI is InChI=1S/C39H45N7O3/c1-24(47)40-20-25-17-35(46(23-25)38(48)49-39(2,3)4)37-42-21-32(43-37)27-10-8-26(9-11-27)28-12-13-30-19-31(15-14-29(30)18-28)33-22-41-36(44-33)34-7-6-16-45(34)5/h8-15,18-19,21-22,25,34-35H,6-7,16-17,20,23H2,1-5H3,(H,40,47)(H,41,44)(H,42,43). The summed E-state index contributed by atoms with van der Waals surface area (Å²) < 4.78 is 5.72. The van der Waals surface area contributed by atoms with E-state index < -0.39 is 5.60 Å². The number of likely N-dealkylation sites (tertiary alicyclic amines) is 2. The molecule has 3 unspecified atom stereocenters. The highest BCUT2D eigenvalue weighted by Crippen LogP contribution is 2.37. The first-order valence-electron chi connectivity index (χ1n) is 17.2. The van der Waals surface area contributed by atoms with Crippen molar-refractivity contribution in [2.75, 3.05) is 26.7 Å². The summed E-state index contributed by atoms with van der Waals surface area (Å²) in [6.07, 6.45) is 6.43. The van der Waals surface area contributed by atoms with E-state index in [0.29, 0.717) is 31.4 Å². The second-order valence-corrected chi connectivity index (χ2v) is 14.5. The quantitative estimate of drug-likeness (QED) is 0.167. The van der Waals surface area contributed by atoms with Crippen molar-refractivity contribution in [1.82, 2.24) is 35.1 Å². The van der Waals surface area contributed by atoms with E-state index in [1.807, 2.05) is 33.2 Å². The predicted molar refractivity (Wildman–Crippen MR) is 192 cm³/mol. The minimum atomic E-state index is -0.613. The lowest BCUT2D eigenvalue weighted by molar-refractivity contribution is -0.119. The van der Waals surface area contributed by atoms with E-state index in [2.05, 4.69) is 87.9 Å². The second-order valence-electron chi connectivity index (χ2n) is 14.5. The van der Waals surface area contributed by atoms with Gasteiger partial charge in [-0.25, -0.2) is 14.8 Å². The number of benzene rings is 3. The molecule has 10 heteroatoms. The topological polar surface area (TPSA) is 119 Å². The Labute approximate surface area is 287 Å². The molecule has 3 N–H and O–H groups in total. The number of carbonyl (C=O) groups is 2. The number of aromatic nitrogens is 4. The van der Waals surface area contributed by atoms with Gasteiger partial charge >= 0.3 is 6.09 Å². The van der Waals surface area contributed by atoms with Crippen LogP contribution in [0.1, 0.15) is 70.7 Å². The van der Waals surface area contributed by atoms with Crippen LogP contribution in [0.25, 0.3) is 44.4 Å². The van der Waals surface area contributed by atoms with Crippen LogP contribution < -0.4 is 5.32 Å². The molecule has 2 amide bonds. The maximum absolute atomic E-state index is 13.2. The number of H-pyrrole nitrogens is 2. The summed E-state index contributed by atoms with van der Waals surface area (Å²) in [5, 5.41) is 5.26. The van der Waals surface area contributed by atoms with Crippen LogP contribution in [0.3, 0.4) is 0 Å². The average molecular weight is 660 g/mol. The summed E-state index contributed by atoms with van der Waals surface area (Å²) in [4.78, 5) is 45.3. The monoisotopic (exact) mass is 659 g/mol. The number of imidazole rings is 2. The summed E-state index contributed by atoms with van der Waals surface area (Å²) in [7, 11) is 2.17. The molecule has 4 heterocycles. The van der Waals surface area contributed by atoms with Crippen molar-refractivity contribution in [2.45, 2.75) is 64.6 Å². The van der Waals surface area contributed by atoms with Crippen LogP contribution in [-0.4, -0.2) is 74.0 Å². The fourth-order valence-corrected chi connectivity index (χ4v) is 7.14. The number of hydrogen-bond acceptors (Lipinski definition) is 6. The van der Waals surface area contributed by atoms with Gasteiger partial charge in [0, 0.05) is 25.6 Å². The number of aromatic amines is 2. The van der Waals surface area contributed by atoms with Crippen molar-refractivity contribution < 1.29 is 14.3 Å². The fourth-order valence-electron chi connectivity index (χ4n) is 7.14. The van der Waals surface area contributed by atoms with Crippen LogP contribution in [0.5, 0.6) is 0 Å². The zero-order chi connectivity index (χ0) is 34.3. The van der Waals surface area contributed by atoms with E-state index >= 15 is 0 Å². The Morgan fingerprint density at radius 3 is 2.08 bits per heavy atom. The zero-order valence-corrected chi connectivity index (χ0v) is 28.9. The Hall–Kier alpha value is -4.96. The molecule has 0 bridgehead atoms. The molecule has 0 saturated carbocycles. The number of fused-ring (bicyclic) bond motifs is 1. The van der Waals surface area contributed by atoms with Crippen LogP contribution in [0, 0.1) is 5.92 Å². The molecule has 7 rings (SSSR count). The predicted octanol–water partition coefficient (Wildman–Crippen LogP) is 7.49. The molecule has 2 aliphatic rings. The highest BCUT2D eigenvalue weighted by Gasteiger charge is 2.40. The number of amides is 2. The second kappa shape index (κ2) is 13.2. The molecule has 254 valence electrons. The van der Waals surface area contributed by atoms with Gasteiger partial charge in [0.1, 0.15) is 17.2 Å². The molecule has 2 saturated heterocycles. The van der Waals surface area contributed by atoms with Gasteiger partial charge in [-0.15, -0.1) is 0 Å². The smallest absolute Gasteiger partial charge is 0.410 e. The fraction of sp³-hybridized carbons (Fsp3) is 0.385. The normalized spacial score (nSPS) is 19.9. The van der Waals surface area contributed by atoms with Gasteiger partial charge < -0.3 is 20.0 Å². The lowest BCUT2D eigenvalue weighted by atomic mass is 9.98. The van der Waals surface area contributed by atoms with Crippen molar-refractivity contribution in [3.63, 3.8) is 0 Å². The van der Waals surface area contributed by atoms with E-state index in [9.17, 15) is 9.59 Å². The summed E-state index contributed by atoms with van der Waals surface area (Å²) >= 11 is 0. The first-order chi connectivity index (χ1) is 23.5. The van der Waals surface area contributed by atoms with Crippen molar-refractivity contribution >= 4 is 22.8 Å². The first kappa shape index (κ1) is 32.6. The lowest BCUT2D eigenvalue weighted by Gasteiger charge is -2.27. The molecule has 2 fully saturated rings. The van der Waals surface area contributed by atoms with Crippen molar-refractivity contribution in [3.05, 3.63) is 84.7 Å². The Bertz CT molecular complexity index is 1970. The molecule has 5 aromatic rings. The minimum Gasteiger partial charge on any atom is -0.444 e. The largest absolute Gasteiger partial charge is 0.444 e. The van der Waals surface area contributed by atoms with E-state index in [-0.39, 0.29) is 24.0 Å². The third-order valence-corrected chi connectivity index (χ3v) is 9.68. The van der Waals surface area contributed by atoms with Gasteiger partial charge in [-0.3, -0.25) is 14.6 Å². The summed E-state index contributed by atoms with van der Waals surface area (Å²) in [5.41, 5.74) is 5.73. The Morgan fingerprint density at radius 2 is 1.45 bits per heavy atom. The number of carbonyl (C=O) groups excluding carboxylic acids is 2. The summed E-state index contributed by atoms with van der Waals surface area (Å²) in [6, 6.07) is 21.7. The van der Waals surface area contributed by atoms with Crippen LogP contribution in [0.4, 0.5) is 4.79 Å². The van der Waals surface area contributed by atoms with Crippen LogP contribution in [0.15, 0.2) is 73.1 Å². The molecule has 0 aliphatic carbocycles. The number of ether oxygens (including phenoxy) is 1. The van der Waals surface area contributed by atoms with Gasteiger partial charge in [0.25, 0.3) is 0 Å². The highest BCUT2D eigenvalue weighted by molar-refractivity contribution is 5.90. The Balaban J connectivity index is 1.06.